The molecule has 1 saturated heterocycles. The van der Waals surface area contributed by atoms with Gasteiger partial charge in [-0.25, -0.2) is 0 Å². The van der Waals surface area contributed by atoms with Crippen LogP contribution in [0.1, 0.15) is 33.8 Å². The number of aromatic nitrogens is 1. The number of nitrogens with zero attached hydrogens (tertiary/aromatic N) is 2. The predicted octanol–water partition coefficient (Wildman–Crippen LogP) is 4.17. The van der Waals surface area contributed by atoms with Crippen LogP contribution in [0.2, 0.25) is 0 Å². The Labute approximate surface area is 185 Å². The predicted molar refractivity (Wildman–Crippen MR) is 125 cm³/mol. The molecule has 0 bridgehead atoms. The van der Waals surface area contributed by atoms with E-state index in [2.05, 4.69) is 75.9 Å². The first-order chi connectivity index (χ1) is 14.0. The average molecular weight is 499 g/mol. The molecule has 1 aliphatic carbocycles. The van der Waals surface area contributed by atoms with Gasteiger partial charge >= 0.3 is 0 Å². The van der Waals surface area contributed by atoms with Gasteiger partial charge in [0.25, 0.3) is 5.91 Å². The van der Waals surface area contributed by atoms with E-state index in [1.807, 2.05) is 24.3 Å². The smallest absolute Gasteiger partial charge is 0.251 e. The lowest BCUT2D eigenvalue weighted by molar-refractivity contribution is 0.0891. The average Bonchev–Trinajstić information content (AvgIpc) is 3.04. The van der Waals surface area contributed by atoms with Crippen molar-refractivity contribution in [2.45, 2.75) is 24.8 Å². The molecule has 2 aliphatic rings. The fraction of sp³-hybridized carbons (Fsp3) is 0.375. The Hall–Kier alpha value is -1.86. The summed E-state index contributed by atoms with van der Waals surface area (Å²) in [5.41, 5.74) is 5.06. The van der Waals surface area contributed by atoms with Gasteiger partial charge in [0.15, 0.2) is 0 Å². The van der Waals surface area contributed by atoms with Gasteiger partial charge in [-0.15, -0.1) is 0 Å². The van der Waals surface area contributed by atoms with Crippen molar-refractivity contribution < 1.29 is 4.79 Å². The molecule has 0 radical (unpaired) electrons. The van der Waals surface area contributed by atoms with Crippen LogP contribution in [0.4, 0.5) is 0 Å². The van der Waals surface area contributed by atoms with Gasteiger partial charge < -0.3 is 14.8 Å². The highest BCUT2D eigenvalue weighted by Crippen LogP contribution is 2.44. The third-order valence-corrected chi connectivity index (χ3v) is 7.49. The fourth-order valence-corrected chi connectivity index (χ4v) is 5.78. The molecular weight excluding hydrogens is 473 g/mol. The van der Waals surface area contributed by atoms with Gasteiger partial charge in [-0.3, -0.25) is 4.79 Å². The van der Waals surface area contributed by atoms with Gasteiger partial charge in [-0.1, -0.05) is 12.1 Å². The maximum atomic E-state index is 12.6. The van der Waals surface area contributed by atoms with Crippen LogP contribution in [-0.4, -0.2) is 41.6 Å². The van der Waals surface area contributed by atoms with Crippen LogP contribution in [0, 0.1) is 9.49 Å². The zero-order chi connectivity index (χ0) is 20.1. The molecule has 5 rings (SSSR count). The second-order valence-electron chi connectivity index (χ2n) is 8.64. The highest BCUT2D eigenvalue weighted by molar-refractivity contribution is 14.1. The Morgan fingerprint density at radius 2 is 1.97 bits per heavy atom. The lowest BCUT2D eigenvalue weighted by Gasteiger charge is -2.45. The number of fused-ring (bicyclic) bond motifs is 2. The molecule has 1 aromatic heterocycles. The van der Waals surface area contributed by atoms with Crippen molar-refractivity contribution in [2.24, 2.45) is 13.0 Å². The van der Waals surface area contributed by atoms with E-state index >= 15 is 0 Å². The maximum absolute atomic E-state index is 12.6. The molecular formula is C24H26IN3O. The topological polar surface area (TPSA) is 37.3 Å². The van der Waals surface area contributed by atoms with E-state index in [-0.39, 0.29) is 5.91 Å². The summed E-state index contributed by atoms with van der Waals surface area (Å²) in [5, 5.41) is 4.65. The normalized spacial score (nSPS) is 23.8. The number of amides is 1. The quantitative estimate of drug-likeness (QED) is 0.550. The number of carbonyl (C=O) groups is 1. The van der Waals surface area contributed by atoms with Gasteiger partial charge in [0, 0.05) is 58.3 Å². The van der Waals surface area contributed by atoms with E-state index in [4.69, 9.17) is 0 Å². The summed E-state index contributed by atoms with van der Waals surface area (Å²) in [6, 6.07) is 15.1. The number of hydrogen-bond acceptors (Lipinski definition) is 2. The van der Waals surface area contributed by atoms with Gasteiger partial charge in [0.2, 0.25) is 0 Å². The van der Waals surface area contributed by atoms with Crippen LogP contribution in [0.5, 0.6) is 0 Å². The Balaban J connectivity index is 1.35. The number of carbonyl (C=O) groups excluding carboxylic acids is 1. The summed E-state index contributed by atoms with van der Waals surface area (Å²) in [5.74, 6) is 1.03. The number of rotatable bonds is 3. The van der Waals surface area contributed by atoms with Crippen molar-refractivity contribution in [2.75, 3.05) is 20.1 Å². The number of hydrogen-bond donors (Lipinski definition) is 1. The summed E-state index contributed by atoms with van der Waals surface area (Å²) in [7, 11) is 4.40. The van der Waals surface area contributed by atoms with Crippen molar-refractivity contribution in [1.82, 2.24) is 14.8 Å². The van der Waals surface area contributed by atoms with Crippen LogP contribution in [0.3, 0.4) is 0 Å². The Morgan fingerprint density at radius 1 is 1.17 bits per heavy atom. The summed E-state index contributed by atoms with van der Waals surface area (Å²) >= 11 is 2.26. The highest BCUT2D eigenvalue weighted by atomic mass is 127. The second-order valence-corrected chi connectivity index (χ2v) is 9.89. The van der Waals surface area contributed by atoms with Crippen molar-refractivity contribution in [3.63, 3.8) is 0 Å². The zero-order valence-corrected chi connectivity index (χ0v) is 19.0. The van der Waals surface area contributed by atoms with Crippen LogP contribution < -0.4 is 5.32 Å². The fourth-order valence-electron chi connectivity index (χ4n) is 5.42. The molecule has 1 fully saturated rings. The van der Waals surface area contributed by atoms with E-state index < -0.39 is 0 Å². The minimum absolute atomic E-state index is 0.0299. The second kappa shape index (κ2) is 7.43. The number of aryl methyl sites for hydroxylation is 1. The molecule has 2 aromatic carbocycles. The Bertz CT molecular complexity index is 1070. The molecule has 3 aromatic rings. The summed E-state index contributed by atoms with van der Waals surface area (Å²) < 4.78 is 3.41. The van der Waals surface area contributed by atoms with E-state index in [0.717, 1.165) is 35.1 Å². The molecule has 2 heterocycles. The van der Waals surface area contributed by atoms with Crippen molar-refractivity contribution in [3.05, 3.63) is 68.9 Å². The minimum Gasteiger partial charge on any atom is -0.352 e. The summed E-state index contributed by atoms with van der Waals surface area (Å²) in [4.78, 5) is 15.1. The first-order valence-corrected chi connectivity index (χ1v) is 11.4. The number of benzene rings is 2. The Kier molecular flexibility index (Phi) is 4.90. The van der Waals surface area contributed by atoms with Crippen molar-refractivity contribution >= 4 is 39.4 Å². The number of piperidine rings is 1. The maximum Gasteiger partial charge on any atom is 0.251 e. The number of likely N-dealkylation sites (tertiary alicyclic amines) is 1. The van der Waals surface area contributed by atoms with E-state index in [9.17, 15) is 4.79 Å². The molecule has 0 spiro atoms. The minimum atomic E-state index is 0.0299. The van der Waals surface area contributed by atoms with Crippen LogP contribution in [0.25, 0.3) is 10.9 Å². The Morgan fingerprint density at radius 3 is 2.76 bits per heavy atom. The molecule has 3 atom stereocenters. The molecule has 5 heteroatoms. The third-order valence-electron chi connectivity index (χ3n) is 6.78. The van der Waals surface area contributed by atoms with Gasteiger partial charge in [0.05, 0.1) is 0 Å². The SMILES string of the molecule is CN1C[C@H](CNC(=O)c2ccc(I)cc2)C[C@@H]2c3cccc4c3c(cn4C)C[C@H]21. The number of nitrogens with one attached hydrogen (secondary N) is 1. The standard InChI is InChI=1S/C24H26IN3O/c1-27-13-15(12-26-24(29)16-6-8-18(25)9-7-16)10-20-19-4-3-5-21-23(19)17(11-22(20)27)14-28(21)2/h3-9,14-15,20,22H,10-13H2,1-2H3,(H,26,29)/t15-,20+,22+/m0/s1. The lowest BCUT2D eigenvalue weighted by Crippen LogP contribution is -2.50. The zero-order valence-electron chi connectivity index (χ0n) is 16.9. The van der Waals surface area contributed by atoms with Crippen LogP contribution in [0.15, 0.2) is 48.7 Å². The molecule has 1 amide bonds. The molecule has 29 heavy (non-hydrogen) atoms. The monoisotopic (exact) mass is 499 g/mol. The first-order valence-electron chi connectivity index (χ1n) is 10.3. The van der Waals surface area contributed by atoms with Crippen LogP contribution in [-0.2, 0) is 13.5 Å². The number of halogens is 1. The van der Waals surface area contributed by atoms with E-state index in [1.165, 1.54) is 22.0 Å². The van der Waals surface area contributed by atoms with Crippen LogP contribution >= 0.6 is 22.6 Å². The lowest BCUT2D eigenvalue weighted by atomic mass is 9.72. The molecule has 0 unspecified atom stereocenters. The highest BCUT2D eigenvalue weighted by Gasteiger charge is 2.39. The molecule has 1 N–H and O–H groups in total. The molecule has 4 nitrogen and oxygen atoms in total. The van der Waals surface area contributed by atoms with Crippen molar-refractivity contribution in [1.29, 1.82) is 0 Å². The largest absolute Gasteiger partial charge is 0.352 e. The first kappa shape index (κ1) is 19.1. The van der Waals surface area contributed by atoms with E-state index in [1.54, 1.807) is 0 Å². The van der Waals surface area contributed by atoms with Crippen molar-refractivity contribution in [3.8, 4) is 0 Å². The molecule has 1 aliphatic heterocycles. The third kappa shape index (κ3) is 3.38. The molecule has 0 saturated carbocycles. The van der Waals surface area contributed by atoms with Gasteiger partial charge in [-0.2, -0.15) is 0 Å². The number of likely N-dealkylation sites (N-methyl/N-ethyl adjacent to an activating group) is 1. The summed E-state index contributed by atoms with van der Waals surface area (Å²) in [6.07, 6.45) is 4.57. The van der Waals surface area contributed by atoms with Gasteiger partial charge in [0.1, 0.15) is 0 Å². The van der Waals surface area contributed by atoms with Gasteiger partial charge in [-0.05, 0) is 89.9 Å². The molecule has 150 valence electrons. The summed E-state index contributed by atoms with van der Waals surface area (Å²) in [6.45, 7) is 1.77. The van der Waals surface area contributed by atoms with E-state index in [0.29, 0.717) is 17.9 Å².